The van der Waals surface area contributed by atoms with Crippen molar-refractivity contribution in [3.63, 3.8) is 0 Å². The fourth-order valence-corrected chi connectivity index (χ4v) is 1.57. The van der Waals surface area contributed by atoms with Gasteiger partial charge in [0.1, 0.15) is 12.4 Å². The molecule has 0 spiro atoms. The number of nitrogens with zero attached hydrogens (tertiary/aromatic N) is 3. The van der Waals surface area contributed by atoms with Crippen molar-refractivity contribution < 1.29 is 4.92 Å². The van der Waals surface area contributed by atoms with E-state index in [0.717, 1.165) is 5.56 Å². The Kier molecular flexibility index (Phi) is 3.01. The number of hydrogen-bond donors (Lipinski definition) is 0. The highest BCUT2D eigenvalue weighted by Gasteiger charge is 2.10. The van der Waals surface area contributed by atoms with Crippen LogP contribution >= 0.6 is 11.6 Å². The Labute approximate surface area is 102 Å². The van der Waals surface area contributed by atoms with Crippen molar-refractivity contribution in [2.45, 2.75) is 6.92 Å². The van der Waals surface area contributed by atoms with E-state index in [2.05, 4.69) is 9.97 Å². The van der Waals surface area contributed by atoms with Gasteiger partial charge in [-0.05, 0) is 19.1 Å². The molecular weight excluding hydrogens is 242 g/mol. The van der Waals surface area contributed by atoms with Crippen molar-refractivity contribution in [1.29, 1.82) is 0 Å². The maximum Gasteiger partial charge on any atom is 0.305 e. The second-order valence-corrected chi connectivity index (χ2v) is 3.91. The molecule has 0 radical (unpaired) electrons. The maximum absolute atomic E-state index is 10.5. The van der Waals surface area contributed by atoms with Crippen molar-refractivity contribution in [1.82, 2.24) is 9.97 Å². The summed E-state index contributed by atoms with van der Waals surface area (Å²) in [5.41, 5.74) is 1.55. The predicted molar refractivity (Wildman–Crippen MR) is 63.9 cm³/mol. The van der Waals surface area contributed by atoms with Gasteiger partial charge in [0, 0.05) is 5.56 Å². The average molecular weight is 250 g/mol. The number of nitro groups is 1. The van der Waals surface area contributed by atoms with Crippen LogP contribution in [0.3, 0.4) is 0 Å². The Morgan fingerprint density at radius 2 is 1.94 bits per heavy atom. The molecule has 0 atom stereocenters. The Bertz CT molecular complexity index is 569. The Morgan fingerprint density at radius 1 is 1.29 bits per heavy atom. The van der Waals surface area contributed by atoms with Gasteiger partial charge in [0.25, 0.3) is 0 Å². The van der Waals surface area contributed by atoms with Gasteiger partial charge in [-0.1, -0.05) is 23.2 Å². The molecule has 1 aromatic carbocycles. The third-order valence-corrected chi connectivity index (χ3v) is 2.54. The van der Waals surface area contributed by atoms with Crippen molar-refractivity contribution in [2.75, 3.05) is 0 Å². The van der Waals surface area contributed by atoms with Crippen molar-refractivity contribution in [2.24, 2.45) is 0 Å². The Morgan fingerprint density at radius 3 is 2.53 bits per heavy atom. The SMILES string of the molecule is Cc1ccc(Cl)c(-c2ncc([N+](=O)[O-])cn2)c1. The first-order valence-electron chi connectivity index (χ1n) is 4.81. The van der Waals surface area contributed by atoms with Crippen LogP contribution in [0.25, 0.3) is 11.4 Å². The van der Waals surface area contributed by atoms with Gasteiger partial charge in [-0.3, -0.25) is 10.1 Å². The number of benzene rings is 1. The standard InChI is InChI=1S/C11H8ClN3O2/c1-7-2-3-10(12)9(4-7)11-13-5-8(6-14-11)15(16)17/h2-6H,1H3. The third-order valence-electron chi connectivity index (χ3n) is 2.21. The van der Waals surface area contributed by atoms with Gasteiger partial charge in [-0.25, -0.2) is 9.97 Å². The second kappa shape index (κ2) is 4.47. The first kappa shape index (κ1) is 11.5. The van der Waals surface area contributed by atoms with Crippen LogP contribution < -0.4 is 0 Å². The lowest BCUT2D eigenvalue weighted by atomic mass is 10.1. The minimum Gasteiger partial charge on any atom is -0.258 e. The van der Waals surface area contributed by atoms with Crippen LogP contribution in [0, 0.1) is 17.0 Å². The summed E-state index contributed by atoms with van der Waals surface area (Å²) in [6.07, 6.45) is 2.34. The zero-order valence-corrected chi connectivity index (χ0v) is 9.68. The lowest BCUT2D eigenvalue weighted by molar-refractivity contribution is -0.385. The molecule has 6 heteroatoms. The molecule has 2 rings (SSSR count). The van der Waals surface area contributed by atoms with E-state index in [4.69, 9.17) is 11.6 Å². The molecule has 0 saturated heterocycles. The average Bonchev–Trinajstić information content (AvgIpc) is 2.32. The first-order chi connectivity index (χ1) is 8.08. The van der Waals surface area contributed by atoms with E-state index < -0.39 is 4.92 Å². The van der Waals surface area contributed by atoms with E-state index in [9.17, 15) is 10.1 Å². The molecule has 17 heavy (non-hydrogen) atoms. The zero-order valence-electron chi connectivity index (χ0n) is 8.92. The molecule has 1 heterocycles. The fourth-order valence-electron chi connectivity index (χ4n) is 1.37. The highest BCUT2D eigenvalue weighted by atomic mass is 35.5. The molecule has 0 bridgehead atoms. The zero-order chi connectivity index (χ0) is 12.4. The van der Waals surface area contributed by atoms with E-state index in [-0.39, 0.29) is 5.69 Å². The molecule has 0 N–H and O–H groups in total. The maximum atomic E-state index is 10.5. The summed E-state index contributed by atoms with van der Waals surface area (Å²) >= 11 is 6.02. The molecule has 0 saturated carbocycles. The summed E-state index contributed by atoms with van der Waals surface area (Å²) in [5.74, 6) is 0.379. The highest BCUT2D eigenvalue weighted by molar-refractivity contribution is 6.33. The van der Waals surface area contributed by atoms with Crippen LogP contribution in [0.2, 0.25) is 5.02 Å². The first-order valence-corrected chi connectivity index (χ1v) is 5.18. The smallest absolute Gasteiger partial charge is 0.258 e. The molecule has 0 aliphatic rings. The molecule has 5 nitrogen and oxygen atoms in total. The molecule has 0 unspecified atom stereocenters. The van der Waals surface area contributed by atoms with Gasteiger partial charge in [0.2, 0.25) is 0 Å². The number of aromatic nitrogens is 2. The van der Waals surface area contributed by atoms with Crippen LogP contribution in [-0.4, -0.2) is 14.9 Å². The summed E-state index contributed by atoms with van der Waals surface area (Å²) in [7, 11) is 0. The Balaban J connectivity index is 2.46. The third kappa shape index (κ3) is 2.39. The minimum absolute atomic E-state index is 0.141. The lowest BCUT2D eigenvalue weighted by Gasteiger charge is -2.03. The van der Waals surface area contributed by atoms with Gasteiger partial charge in [0.15, 0.2) is 5.82 Å². The number of rotatable bonds is 2. The van der Waals surface area contributed by atoms with Gasteiger partial charge in [0.05, 0.1) is 9.95 Å². The molecule has 2 aromatic rings. The lowest BCUT2D eigenvalue weighted by Crippen LogP contribution is -1.94. The van der Waals surface area contributed by atoms with Crippen LogP contribution in [-0.2, 0) is 0 Å². The quantitative estimate of drug-likeness (QED) is 0.606. The second-order valence-electron chi connectivity index (χ2n) is 3.51. The van der Waals surface area contributed by atoms with Crippen molar-refractivity contribution >= 4 is 17.3 Å². The van der Waals surface area contributed by atoms with Crippen LogP contribution in [0.5, 0.6) is 0 Å². The number of aryl methyl sites for hydroxylation is 1. The van der Waals surface area contributed by atoms with E-state index in [0.29, 0.717) is 16.4 Å². The topological polar surface area (TPSA) is 68.9 Å². The highest BCUT2D eigenvalue weighted by Crippen LogP contribution is 2.26. The molecular formula is C11H8ClN3O2. The molecule has 0 aliphatic carbocycles. The van der Waals surface area contributed by atoms with Crippen LogP contribution in [0.1, 0.15) is 5.56 Å². The van der Waals surface area contributed by atoms with Gasteiger partial charge in [-0.2, -0.15) is 0 Å². The molecule has 86 valence electrons. The Hall–Kier alpha value is -2.01. The van der Waals surface area contributed by atoms with Crippen LogP contribution in [0.15, 0.2) is 30.6 Å². The summed E-state index contributed by atoms with van der Waals surface area (Å²) in [5, 5.41) is 11.0. The van der Waals surface area contributed by atoms with E-state index in [1.54, 1.807) is 6.07 Å². The molecule has 1 aromatic heterocycles. The predicted octanol–water partition coefficient (Wildman–Crippen LogP) is 3.01. The molecule has 0 fully saturated rings. The summed E-state index contributed by atoms with van der Waals surface area (Å²) in [6, 6.07) is 5.46. The minimum atomic E-state index is -0.540. The number of hydrogen-bond acceptors (Lipinski definition) is 4. The number of halogens is 1. The van der Waals surface area contributed by atoms with Crippen molar-refractivity contribution in [3.8, 4) is 11.4 Å². The monoisotopic (exact) mass is 249 g/mol. The van der Waals surface area contributed by atoms with Gasteiger partial charge >= 0.3 is 5.69 Å². The normalized spacial score (nSPS) is 10.2. The van der Waals surface area contributed by atoms with E-state index in [1.807, 2.05) is 19.1 Å². The summed E-state index contributed by atoms with van der Waals surface area (Å²) in [4.78, 5) is 17.8. The van der Waals surface area contributed by atoms with Gasteiger partial charge < -0.3 is 0 Å². The molecule has 0 aliphatic heterocycles. The largest absolute Gasteiger partial charge is 0.305 e. The summed E-state index contributed by atoms with van der Waals surface area (Å²) in [6.45, 7) is 1.92. The summed E-state index contributed by atoms with van der Waals surface area (Å²) < 4.78 is 0. The van der Waals surface area contributed by atoms with Crippen LogP contribution in [0.4, 0.5) is 5.69 Å². The van der Waals surface area contributed by atoms with E-state index >= 15 is 0 Å². The fraction of sp³-hybridized carbons (Fsp3) is 0.0909. The van der Waals surface area contributed by atoms with Gasteiger partial charge in [-0.15, -0.1) is 0 Å². The van der Waals surface area contributed by atoms with Crippen molar-refractivity contribution in [3.05, 3.63) is 51.3 Å². The van der Waals surface area contributed by atoms with E-state index in [1.165, 1.54) is 12.4 Å². The molecule has 0 amide bonds.